The van der Waals surface area contributed by atoms with Crippen LogP contribution < -0.4 is 10.6 Å². The Morgan fingerprint density at radius 3 is 2.53 bits per heavy atom. The summed E-state index contributed by atoms with van der Waals surface area (Å²) in [4.78, 5) is 13.5. The van der Waals surface area contributed by atoms with E-state index in [-0.39, 0.29) is 0 Å². The molecule has 0 spiro atoms. The quantitative estimate of drug-likeness (QED) is 0.519. The van der Waals surface area contributed by atoms with Gasteiger partial charge in [-0.25, -0.2) is 4.98 Å². The minimum atomic E-state index is 0.514. The maximum atomic E-state index is 4.87. The number of thiazole rings is 1. The molecule has 162 valence electrons. The number of aryl methyl sites for hydroxylation is 2. The molecule has 2 aliphatic rings. The molecule has 5 nitrogen and oxygen atoms in total. The maximum Gasteiger partial charge on any atom is 0.191 e. The minimum Gasteiger partial charge on any atom is -0.357 e. The van der Waals surface area contributed by atoms with E-state index < -0.39 is 0 Å². The predicted octanol–water partition coefficient (Wildman–Crippen LogP) is 4.05. The number of hydrogen-bond acceptors (Lipinski definition) is 4. The third-order valence-electron chi connectivity index (χ3n) is 6.39. The summed E-state index contributed by atoms with van der Waals surface area (Å²) in [6, 6.07) is 12.8. The van der Waals surface area contributed by atoms with E-state index in [1.54, 1.807) is 11.3 Å². The van der Waals surface area contributed by atoms with Gasteiger partial charge in [0.25, 0.3) is 0 Å². The zero-order chi connectivity index (χ0) is 20.9. The molecule has 3 heterocycles. The Morgan fingerprint density at radius 2 is 1.90 bits per heavy atom. The number of benzene rings is 1. The van der Waals surface area contributed by atoms with Gasteiger partial charge in [-0.05, 0) is 52.0 Å². The van der Waals surface area contributed by atoms with E-state index in [2.05, 4.69) is 71.6 Å². The molecular formula is C24H35N5S. The normalized spacial score (nSPS) is 24.2. The molecule has 2 fully saturated rings. The van der Waals surface area contributed by atoms with Gasteiger partial charge in [0.2, 0.25) is 0 Å². The number of hydrogen-bond donors (Lipinski definition) is 2. The Balaban J connectivity index is 1.33. The standard InChI is InChI=1S/C24H35N5S/c1-4-25-24(26-13-12-23-17(2)27-18(3)30-23)28-20-14-21-10-11-22(15-20)29(21)16-19-8-6-5-7-9-19/h5-9,20-22H,4,10-16H2,1-3H3,(H2,25,26,28). The molecule has 0 radical (unpaired) electrons. The van der Waals surface area contributed by atoms with E-state index in [0.29, 0.717) is 18.1 Å². The summed E-state index contributed by atoms with van der Waals surface area (Å²) in [5.74, 6) is 0.970. The molecule has 0 saturated carbocycles. The highest BCUT2D eigenvalue weighted by atomic mass is 32.1. The SMILES string of the molecule is CCNC(=NCCc1sc(C)nc1C)NC1CC2CCC(C1)N2Cc1ccccc1. The summed E-state index contributed by atoms with van der Waals surface area (Å²) < 4.78 is 0. The molecule has 6 heteroatoms. The Morgan fingerprint density at radius 1 is 1.17 bits per heavy atom. The van der Waals surface area contributed by atoms with Crippen molar-refractivity contribution in [2.75, 3.05) is 13.1 Å². The number of piperidine rings is 1. The van der Waals surface area contributed by atoms with Crippen LogP contribution in [0.25, 0.3) is 0 Å². The molecule has 2 aromatic rings. The van der Waals surface area contributed by atoms with Gasteiger partial charge in [-0.2, -0.15) is 0 Å². The summed E-state index contributed by atoms with van der Waals surface area (Å²) in [5.41, 5.74) is 2.59. The number of aromatic nitrogens is 1. The molecule has 1 aromatic heterocycles. The topological polar surface area (TPSA) is 52.6 Å². The van der Waals surface area contributed by atoms with Crippen LogP contribution in [0.5, 0.6) is 0 Å². The minimum absolute atomic E-state index is 0.514. The zero-order valence-corrected chi connectivity index (χ0v) is 19.3. The lowest BCUT2D eigenvalue weighted by Crippen LogP contribution is -2.52. The van der Waals surface area contributed by atoms with Gasteiger partial charge < -0.3 is 10.6 Å². The molecule has 2 saturated heterocycles. The van der Waals surface area contributed by atoms with Crippen molar-refractivity contribution in [3.8, 4) is 0 Å². The first-order valence-corrected chi connectivity index (χ1v) is 12.2. The monoisotopic (exact) mass is 425 g/mol. The van der Waals surface area contributed by atoms with Gasteiger partial charge >= 0.3 is 0 Å². The average molecular weight is 426 g/mol. The van der Waals surface area contributed by atoms with E-state index in [0.717, 1.165) is 42.7 Å². The van der Waals surface area contributed by atoms with Crippen molar-refractivity contribution in [2.45, 2.75) is 77.5 Å². The number of rotatable bonds is 7. The summed E-state index contributed by atoms with van der Waals surface area (Å²) >= 11 is 1.80. The fourth-order valence-corrected chi connectivity index (χ4v) is 5.96. The van der Waals surface area contributed by atoms with Crippen LogP contribution in [0, 0.1) is 13.8 Å². The maximum absolute atomic E-state index is 4.87. The van der Waals surface area contributed by atoms with E-state index in [1.165, 1.54) is 36.1 Å². The Labute approximate surface area is 185 Å². The van der Waals surface area contributed by atoms with Crippen molar-refractivity contribution >= 4 is 17.3 Å². The highest BCUT2D eigenvalue weighted by Gasteiger charge is 2.40. The first-order chi connectivity index (χ1) is 14.6. The highest BCUT2D eigenvalue weighted by molar-refractivity contribution is 7.11. The lowest BCUT2D eigenvalue weighted by Gasteiger charge is -2.39. The fraction of sp³-hybridized carbons (Fsp3) is 0.583. The summed E-state index contributed by atoms with van der Waals surface area (Å²) in [7, 11) is 0. The fourth-order valence-electron chi connectivity index (χ4n) is 5.03. The Hall–Kier alpha value is -1.92. The summed E-state index contributed by atoms with van der Waals surface area (Å²) in [6.45, 7) is 9.10. The lowest BCUT2D eigenvalue weighted by molar-refractivity contribution is 0.114. The van der Waals surface area contributed by atoms with Gasteiger partial charge in [-0.1, -0.05) is 30.3 Å². The van der Waals surface area contributed by atoms with Crippen molar-refractivity contribution < 1.29 is 0 Å². The molecule has 2 N–H and O–H groups in total. The Kier molecular flexibility index (Phi) is 7.05. The van der Waals surface area contributed by atoms with Crippen LogP contribution in [-0.2, 0) is 13.0 Å². The molecule has 2 unspecified atom stereocenters. The van der Waals surface area contributed by atoms with Crippen molar-refractivity contribution in [1.29, 1.82) is 0 Å². The van der Waals surface area contributed by atoms with Crippen LogP contribution in [0.2, 0.25) is 0 Å². The van der Waals surface area contributed by atoms with Crippen LogP contribution in [0.4, 0.5) is 0 Å². The third kappa shape index (κ3) is 5.22. The molecule has 2 bridgehead atoms. The van der Waals surface area contributed by atoms with Crippen LogP contribution in [0.3, 0.4) is 0 Å². The van der Waals surface area contributed by atoms with E-state index in [4.69, 9.17) is 4.99 Å². The predicted molar refractivity (Wildman–Crippen MR) is 126 cm³/mol. The van der Waals surface area contributed by atoms with Crippen LogP contribution in [0.1, 0.15) is 53.7 Å². The largest absolute Gasteiger partial charge is 0.357 e. The van der Waals surface area contributed by atoms with Crippen LogP contribution >= 0.6 is 11.3 Å². The van der Waals surface area contributed by atoms with Gasteiger partial charge in [-0.3, -0.25) is 9.89 Å². The van der Waals surface area contributed by atoms with Gasteiger partial charge in [0.1, 0.15) is 0 Å². The summed E-state index contributed by atoms with van der Waals surface area (Å²) in [6.07, 6.45) is 6.04. The first-order valence-electron chi connectivity index (χ1n) is 11.4. The van der Waals surface area contributed by atoms with Crippen molar-refractivity contribution in [1.82, 2.24) is 20.5 Å². The number of nitrogens with zero attached hydrogens (tertiary/aromatic N) is 3. The number of nitrogens with one attached hydrogen (secondary N) is 2. The lowest BCUT2D eigenvalue weighted by atomic mass is 9.96. The van der Waals surface area contributed by atoms with Crippen LogP contribution in [-0.4, -0.2) is 47.1 Å². The van der Waals surface area contributed by atoms with E-state index >= 15 is 0 Å². The number of guanidine groups is 1. The average Bonchev–Trinajstić information content (AvgIpc) is 3.16. The first kappa shape index (κ1) is 21.3. The second kappa shape index (κ2) is 9.92. The molecule has 0 amide bonds. The van der Waals surface area contributed by atoms with Gasteiger partial charge in [0.05, 0.1) is 10.7 Å². The van der Waals surface area contributed by atoms with Gasteiger partial charge in [0, 0.05) is 49.1 Å². The number of aliphatic imine (C=N–C) groups is 1. The van der Waals surface area contributed by atoms with E-state index in [1.807, 2.05) is 0 Å². The second-order valence-electron chi connectivity index (χ2n) is 8.61. The molecule has 4 rings (SSSR count). The number of fused-ring (bicyclic) bond motifs is 2. The third-order valence-corrected chi connectivity index (χ3v) is 7.52. The highest BCUT2D eigenvalue weighted by Crippen LogP contribution is 2.36. The Bertz CT molecular complexity index is 833. The van der Waals surface area contributed by atoms with Crippen molar-refractivity contribution in [3.63, 3.8) is 0 Å². The second-order valence-corrected chi connectivity index (χ2v) is 9.90. The van der Waals surface area contributed by atoms with E-state index in [9.17, 15) is 0 Å². The van der Waals surface area contributed by atoms with Gasteiger partial charge in [0.15, 0.2) is 5.96 Å². The zero-order valence-electron chi connectivity index (χ0n) is 18.5. The smallest absolute Gasteiger partial charge is 0.191 e. The summed E-state index contributed by atoms with van der Waals surface area (Å²) in [5, 5.41) is 8.35. The van der Waals surface area contributed by atoms with Crippen molar-refractivity contribution in [3.05, 3.63) is 51.5 Å². The molecule has 2 atom stereocenters. The molecule has 0 aliphatic carbocycles. The molecule has 2 aliphatic heterocycles. The molecule has 1 aromatic carbocycles. The van der Waals surface area contributed by atoms with Crippen LogP contribution in [0.15, 0.2) is 35.3 Å². The van der Waals surface area contributed by atoms with Crippen molar-refractivity contribution in [2.24, 2.45) is 4.99 Å². The van der Waals surface area contributed by atoms with Gasteiger partial charge in [-0.15, -0.1) is 11.3 Å². The molecular weight excluding hydrogens is 390 g/mol. The molecule has 30 heavy (non-hydrogen) atoms.